The summed E-state index contributed by atoms with van der Waals surface area (Å²) in [6.45, 7) is 1.60. The van der Waals surface area contributed by atoms with Gasteiger partial charge in [-0.25, -0.2) is 9.18 Å². The quantitative estimate of drug-likeness (QED) is 0.575. The summed E-state index contributed by atoms with van der Waals surface area (Å²) in [5.74, 6) is -0.994. The highest BCUT2D eigenvalue weighted by molar-refractivity contribution is 6.32. The number of carbonyl (C=O) groups excluding carboxylic acids is 1. The maximum absolute atomic E-state index is 13.4. The predicted molar refractivity (Wildman–Crippen MR) is 57.1 cm³/mol. The minimum atomic E-state index is -0.535. The normalized spacial score (nSPS) is 11.3. The molecule has 0 aromatic heterocycles. The van der Waals surface area contributed by atoms with Gasteiger partial charge in [-0.3, -0.25) is 0 Å². The largest absolute Gasteiger partial charge is 0.466 e. The molecule has 0 aliphatic carbocycles. The highest BCUT2D eigenvalue weighted by atomic mass is 35.5. The van der Waals surface area contributed by atoms with Crippen molar-refractivity contribution in [2.75, 3.05) is 7.11 Å². The molecule has 0 unspecified atom stereocenters. The Balaban J connectivity index is 3.16. The number of esters is 1. The predicted octanol–water partition coefficient (Wildman–Crippen LogP) is 3.06. The van der Waals surface area contributed by atoms with E-state index in [4.69, 9.17) is 11.6 Å². The topological polar surface area (TPSA) is 26.3 Å². The van der Waals surface area contributed by atoms with Crippen LogP contribution < -0.4 is 0 Å². The Morgan fingerprint density at radius 1 is 1.53 bits per heavy atom. The van der Waals surface area contributed by atoms with Crippen LogP contribution in [0.5, 0.6) is 0 Å². The summed E-state index contributed by atoms with van der Waals surface area (Å²) in [7, 11) is 1.26. The minimum absolute atomic E-state index is 0.226. The Labute approximate surface area is 92.3 Å². The molecule has 0 spiro atoms. The average Bonchev–Trinajstić information content (AvgIpc) is 2.17. The maximum Gasteiger partial charge on any atom is 0.330 e. The molecule has 1 rings (SSSR count). The number of carbonyl (C=O) groups is 1. The smallest absolute Gasteiger partial charge is 0.330 e. The summed E-state index contributed by atoms with van der Waals surface area (Å²) < 4.78 is 17.8. The van der Waals surface area contributed by atoms with E-state index in [2.05, 4.69) is 4.74 Å². The van der Waals surface area contributed by atoms with Crippen LogP contribution in [0.15, 0.2) is 24.3 Å². The molecule has 0 aliphatic heterocycles. The van der Waals surface area contributed by atoms with Crippen LogP contribution in [0, 0.1) is 5.82 Å². The maximum atomic E-state index is 13.4. The molecule has 0 saturated carbocycles. The van der Waals surface area contributed by atoms with Crippen molar-refractivity contribution in [1.29, 1.82) is 0 Å². The zero-order valence-electron chi connectivity index (χ0n) is 8.38. The molecule has 0 aliphatic rings. The fourth-order valence-corrected chi connectivity index (χ4v) is 1.49. The Morgan fingerprint density at radius 3 is 2.73 bits per heavy atom. The van der Waals surface area contributed by atoms with Crippen LogP contribution in [-0.4, -0.2) is 13.1 Å². The summed E-state index contributed by atoms with van der Waals surface area (Å²) in [6, 6.07) is 4.36. The van der Waals surface area contributed by atoms with Gasteiger partial charge in [0.05, 0.1) is 12.1 Å². The SMILES string of the molecule is COC(=O)/C=C(/C)c1c(F)cccc1Cl. The molecule has 0 fully saturated rings. The van der Waals surface area contributed by atoms with Crippen molar-refractivity contribution in [3.8, 4) is 0 Å². The van der Waals surface area contributed by atoms with Crippen molar-refractivity contribution in [3.63, 3.8) is 0 Å². The molecule has 0 atom stereocenters. The molecule has 1 aromatic rings. The van der Waals surface area contributed by atoms with Gasteiger partial charge in [0.15, 0.2) is 0 Å². The van der Waals surface area contributed by atoms with Gasteiger partial charge in [0, 0.05) is 11.6 Å². The molecule has 0 saturated heterocycles. The van der Waals surface area contributed by atoms with Crippen molar-refractivity contribution in [1.82, 2.24) is 0 Å². The number of hydrogen-bond acceptors (Lipinski definition) is 2. The molecule has 0 radical (unpaired) electrons. The van der Waals surface area contributed by atoms with E-state index >= 15 is 0 Å². The van der Waals surface area contributed by atoms with Crippen LogP contribution in [0.1, 0.15) is 12.5 Å². The zero-order valence-corrected chi connectivity index (χ0v) is 9.14. The molecule has 80 valence electrons. The van der Waals surface area contributed by atoms with Crippen molar-refractivity contribution in [2.45, 2.75) is 6.92 Å². The molecule has 0 bridgehead atoms. The number of halogens is 2. The summed E-state index contributed by atoms with van der Waals surface area (Å²) in [6.07, 6.45) is 1.20. The summed E-state index contributed by atoms with van der Waals surface area (Å²) in [4.78, 5) is 11.0. The number of rotatable bonds is 2. The first-order valence-electron chi connectivity index (χ1n) is 4.27. The van der Waals surface area contributed by atoms with E-state index in [0.29, 0.717) is 5.57 Å². The number of benzene rings is 1. The van der Waals surface area contributed by atoms with Gasteiger partial charge in [-0.1, -0.05) is 17.7 Å². The molecule has 15 heavy (non-hydrogen) atoms. The van der Waals surface area contributed by atoms with Crippen LogP contribution in [0.2, 0.25) is 5.02 Å². The molecule has 0 N–H and O–H groups in total. The van der Waals surface area contributed by atoms with Gasteiger partial charge in [-0.15, -0.1) is 0 Å². The van der Waals surface area contributed by atoms with Crippen LogP contribution >= 0.6 is 11.6 Å². The van der Waals surface area contributed by atoms with Crippen LogP contribution in [-0.2, 0) is 9.53 Å². The van der Waals surface area contributed by atoms with Crippen molar-refractivity contribution in [3.05, 3.63) is 40.7 Å². The van der Waals surface area contributed by atoms with Gasteiger partial charge in [-0.2, -0.15) is 0 Å². The van der Waals surface area contributed by atoms with Gasteiger partial charge in [-0.05, 0) is 24.6 Å². The molecule has 0 amide bonds. The van der Waals surface area contributed by atoms with E-state index in [9.17, 15) is 9.18 Å². The van der Waals surface area contributed by atoms with Gasteiger partial charge in [0.25, 0.3) is 0 Å². The van der Waals surface area contributed by atoms with Gasteiger partial charge in [0.1, 0.15) is 5.82 Å². The summed E-state index contributed by atoms with van der Waals surface area (Å²) in [5.41, 5.74) is 0.662. The van der Waals surface area contributed by atoms with E-state index in [1.165, 1.54) is 25.3 Å². The average molecular weight is 229 g/mol. The van der Waals surface area contributed by atoms with Gasteiger partial charge >= 0.3 is 5.97 Å². The molecule has 0 heterocycles. The Bertz CT molecular complexity index is 393. The van der Waals surface area contributed by atoms with E-state index < -0.39 is 11.8 Å². The van der Waals surface area contributed by atoms with E-state index in [0.717, 1.165) is 0 Å². The molecular formula is C11H10ClFO2. The van der Waals surface area contributed by atoms with E-state index in [1.54, 1.807) is 13.0 Å². The van der Waals surface area contributed by atoms with Crippen molar-refractivity contribution < 1.29 is 13.9 Å². The fraction of sp³-hybridized carbons (Fsp3) is 0.182. The molecule has 4 heteroatoms. The first-order valence-corrected chi connectivity index (χ1v) is 4.64. The second kappa shape index (κ2) is 4.94. The van der Waals surface area contributed by atoms with Crippen LogP contribution in [0.4, 0.5) is 4.39 Å². The third-order valence-electron chi connectivity index (χ3n) is 1.89. The number of hydrogen-bond donors (Lipinski definition) is 0. The third-order valence-corrected chi connectivity index (χ3v) is 2.21. The first-order chi connectivity index (χ1) is 7.06. The highest BCUT2D eigenvalue weighted by Gasteiger charge is 2.09. The molecule has 1 aromatic carbocycles. The Hall–Kier alpha value is -1.35. The monoisotopic (exact) mass is 228 g/mol. The zero-order chi connectivity index (χ0) is 11.4. The van der Waals surface area contributed by atoms with Crippen molar-refractivity contribution >= 4 is 23.1 Å². The van der Waals surface area contributed by atoms with E-state index in [-0.39, 0.29) is 10.6 Å². The lowest BCUT2D eigenvalue weighted by Gasteiger charge is -2.05. The van der Waals surface area contributed by atoms with Gasteiger partial charge in [0.2, 0.25) is 0 Å². The summed E-state index contributed by atoms with van der Waals surface area (Å²) in [5, 5.41) is 0.271. The van der Waals surface area contributed by atoms with Crippen LogP contribution in [0.25, 0.3) is 5.57 Å². The minimum Gasteiger partial charge on any atom is -0.466 e. The summed E-state index contributed by atoms with van der Waals surface area (Å²) >= 11 is 5.82. The Kier molecular flexibility index (Phi) is 3.86. The lowest BCUT2D eigenvalue weighted by Crippen LogP contribution is -1.97. The van der Waals surface area contributed by atoms with Crippen LogP contribution in [0.3, 0.4) is 0 Å². The second-order valence-electron chi connectivity index (χ2n) is 2.95. The second-order valence-corrected chi connectivity index (χ2v) is 3.35. The number of ether oxygens (including phenoxy) is 1. The third kappa shape index (κ3) is 2.80. The lowest BCUT2D eigenvalue weighted by atomic mass is 10.1. The first kappa shape index (κ1) is 11.7. The number of methoxy groups -OCH3 is 1. The highest BCUT2D eigenvalue weighted by Crippen LogP contribution is 2.26. The Morgan fingerprint density at radius 2 is 2.20 bits per heavy atom. The fourth-order valence-electron chi connectivity index (χ4n) is 1.18. The molecule has 2 nitrogen and oxygen atoms in total. The standard InChI is InChI=1S/C11H10ClFO2/c1-7(6-10(14)15-2)11-8(12)4-3-5-9(11)13/h3-6H,1-2H3/b7-6-. The van der Waals surface area contributed by atoms with E-state index in [1.807, 2.05) is 0 Å². The number of allylic oxidation sites excluding steroid dienone is 1. The van der Waals surface area contributed by atoms with Crippen molar-refractivity contribution in [2.24, 2.45) is 0 Å². The molecular weight excluding hydrogens is 219 g/mol. The van der Waals surface area contributed by atoms with Gasteiger partial charge < -0.3 is 4.74 Å². The lowest BCUT2D eigenvalue weighted by molar-refractivity contribution is -0.134.